The van der Waals surface area contributed by atoms with Crippen molar-refractivity contribution in [2.24, 2.45) is 0 Å². The number of nitrogens with zero attached hydrogens (tertiary/aromatic N) is 3. The number of carbonyl (C=O) groups is 1. The Morgan fingerprint density at radius 2 is 1.94 bits per heavy atom. The van der Waals surface area contributed by atoms with Gasteiger partial charge in [0.1, 0.15) is 18.1 Å². The predicted molar refractivity (Wildman–Crippen MR) is 123 cm³/mol. The molecule has 2 heterocycles. The Bertz CT molecular complexity index is 1200. The van der Waals surface area contributed by atoms with E-state index in [1.807, 2.05) is 46.9 Å². The van der Waals surface area contributed by atoms with Crippen LogP contribution in [0.25, 0.3) is 16.6 Å². The first-order valence-electron chi connectivity index (χ1n) is 10.3. The largest absolute Gasteiger partial charge is 0.491 e. The molecule has 0 aliphatic carbocycles. The topological polar surface area (TPSA) is 76.7 Å². The van der Waals surface area contributed by atoms with Gasteiger partial charge >= 0.3 is 0 Å². The lowest BCUT2D eigenvalue weighted by molar-refractivity contribution is -0.116. The van der Waals surface area contributed by atoms with Crippen molar-refractivity contribution in [1.29, 1.82) is 0 Å². The number of carbonyl (C=O) groups excluding carboxylic acids is 1. The summed E-state index contributed by atoms with van der Waals surface area (Å²) >= 11 is 1.46. The maximum absolute atomic E-state index is 11.1. The van der Waals surface area contributed by atoms with Gasteiger partial charge in [-0.1, -0.05) is 42.1 Å². The third-order valence-electron chi connectivity index (χ3n) is 5.11. The molecule has 1 unspecified atom stereocenters. The minimum Gasteiger partial charge on any atom is -0.491 e. The molecule has 6 nitrogen and oxygen atoms in total. The van der Waals surface area contributed by atoms with E-state index in [4.69, 9.17) is 4.74 Å². The molecule has 0 radical (unpaired) electrons. The van der Waals surface area contributed by atoms with Crippen LogP contribution in [0.3, 0.4) is 0 Å². The van der Waals surface area contributed by atoms with Gasteiger partial charge in [-0.05, 0) is 55.7 Å². The Labute approximate surface area is 185 Å². The molecule has 4 aromatic rings. The van der Waals surface area contributed by atoms with Gasteiger partial charge < -0.3 is 14.6 Å². The number of ether oxygens (including phenoxy) is 1. The molecule has 2 aromatic carbocycles. The highest BCUT2D eigenvalue weighted by Crippen LogP contribution is 2.26. The van der Waals surface area contributed by atoms with Crippen LogP contribution >= 0.6 is 11.8 Å². The van der Waals surface area contributed by atoms with Gasteiger partial charge in [0.15, 0.2) is 10.8 Å². The number of ketones is 1. The van der Waals surface area contributed by atoms with Gasteiger partial charge in [0.05, 0.1) is 11.6 Å². The molecular formula is C24H25N3O3S. The number of para-hydroxylation sites is 1. The first-order chi connectivity index (χ1) is 15.0. The average molecular weight is 436 g/mol. The second-order valence-corrected chi connectivity index (χ2v) is 8.63. The lowest BCUT2D eigenvalue weighted by atomic mass is 10.1. The maximum atomic E-state index is 11.1. The summed E-state index contributed by atoms with van der Waals surface area (Å²) in [4.78, 5) is 11.1. The highest BCUT2D eigenvalue weighted by molar-refractivity contribution is 7.99. The van der Waals surface area contributed by atoms with Crippen LogP contribution in [0.5, 0.6) is 5.75 Å². The molecule has 0 bridgehead atoms. The molecule has 0 saturated heterocycles. The van der Waals surface area contributed by atoms with E-state index in [9.17, 15) is 9.90 Å². The van der Waals surface area contributed by atoms with E-state index in [-0.39, 0.29) is 12.4 Å². The quantitative estimate of drug-likeness (QED) is 0.396. The molecule has 1 N–H and O–H groups in total. The molecule has 0 aliphatic rings. The number of thioether (sulfide) groups is 1. The van der Waals surface area contributed by atoms with Gasteiger partial charge in [-0.15, -0.1) is 10.2 Å². The van der Waals surface area contributed by atoms with Crippen molar-refractivity contribution in [3.8, 4) is 5.75 Å². The lowest BCUT2D eigenvalue weighted by Crippen LogP contribution is -2.20. The fourth-order valence-corrected chi connectivity index (χ4v) is 4.31. The van der Waals surface area contributed by atoms with Crippen molar-refractivity contribution < 1.29 is 14.6 Å². The van der Waals surface area contributed by atoms with E-state index < -0.39 is 6.10 Å². The van der Waals surface area contributed by atoms with E-state index >= 15 is 0 Å². The zero-order chi connectivity index (χ0) is 21.8. The number of aliphatic hydroxyl groups is 1. The van der Waals surface area contributed by atoms with E-state index in [0.29, 0.717) is 17.9 Å². The standard InChI is InChI=1S/C24H25N3O3S/c1-16-13-23-25-26-24(27(23)22-6-4-3-5-21(16)22)31-15-19(29)14-30-20-11-9-18(10-12-20)8-7-17(2)28/h3-6,9-13,19,29H,7-8,14-15H2,1-2H3. The van der Waals surface area contributed by atoms with Crippen LogP contribution in [0, 0.1) is 6.92 Å². The summed E-state index contributed by atoms with van der Waals surface area (Å²) in [6.45, 7) is 3.86. The van der Waals surface area contributed by atoms with Crippen LogP contribution in [-0.4, -0.2) is 44.0 Å². The number of aryl methyl sites for hydroxylation is 2. The fraction of sp³-hybridized carbons (Fsp3) is 0.292. The van der Waals surface area contributed by atoms with Crippen LogP contribution < -0.4 is 4.74 Å². The molecule has 0 amide bonds. The number of aromatic nitrogens is 3. The molecule has 0 saturated carbocycles. The van der Waals surface area contributed by atoms with E-state index in [0.717, 1.165) is 39.3 Å². The Balaban J connectivity index is 1.36. The van der Waals surface area contributed by atoms with E-state index in [2.05, 4.69) is 29.3 Å². The van der Waals surface area contributed by atoms with Crippen LogP contribution in [0.4, 0.5) is 0 Å². The van der Waals surface area contributed by atoms with Gasteiger partial charge in [0, 0.05) is 17.6 Å². The Kier molecular flexibility index (Phi) is 6.53. The van der Waals surface area contributed by atoms with Crippen molar-refractivity contribution in [2.45, 2.75) is 37.9 Å². The van der Waals surface area contributed by atoms with Crippen LogP contribution in [0.1, 0.15) is 24.5 Å². The van der Waals surface area contributed by atoms with Crippen LogP contribution in [-0.2, 0) is 11.2 Å². The van der Waals surface area contributed by atoms with Crippen LogP contribution in [0.15, 0.2) is 59.8 Å². The van der Waals surface area contributed by atoms with Crippen molar-refractivity contribution >= 4 is 34.1 Å². The predicted octanol–water partition coefficient (Wildman–Crippen LogP) is 4.24. The monoisotopic (exact) mass is 435 g/mol. The zero-order valence-electron chi connectivity index (χ0n) is 17.6. The smallest absolute Gasteiger partial charge is 0.196 e. The van der Waals surface area contributed by atoms with Gasteiger partial charge in [0.25, 0.3) is 0 Å². The molecule has 0 aliphatic heterocycles. The molecule has 160 valence electrons. The van der Waals surface area contributed by atoms with Gasteiger partial charge in [0.2, 0.25) is 0 Å². The third-order valence-corrected chi connectivity index (χ3v) is 6.18. The highest BCUT2D eigenvalue weighted by atomic mass is 32.2. The molecular weight excluding hydrogens is 410 g/mol. The summed E-state index contributed by atoms with van der Waals surface area (Å²) in [7, 11) is 0. The highest BCUT2D eigenvalue weighted by Gasteiger charge is 2.14. The normalized spacial score (nSPS) is 12.4. The van der Waals surface area contributed by atoms with Gasteiger partial charge in [-0.25, -0.2) is 0 Å². The summed E-state index contributed by atoms with van der Waals surface area (Å²) in [6, 6.07) is 17.8. The van der Waals surface area contributed by atoms with Crippen molar-refractivity contribution in [3.05, 3.63) is 65.7 Å². The summed E-state index contributed by atoms with van der Waals surface area (Å²) in [5.41, 5.74) is 4.11. The van der Waals surface area contributed by atoms with Crippen molar-refractivity contribution in [3.63, 3.8) is 0 Å². The number of benzene rings is 2. The Hall–Kier alpha value is -2.90. The summed E-state index contributed by atoms with van der Waals surface area (Å²) < 4.78 is 7.75. The number of hydrogen-bond acceptors (Lipinski definition) is 6. The lowest BCUT2D eigenvalue weighted by Gasteiger charge is -2.12. The molecule has 0 spiro atoms. The second-order valence-electron chi connectivity index (χ2n) is 7.64. The molecule has 1 atom stereocenters. The SMILES string of the molecule is CC(=O)CCc1ccc(OCC(O)CSc2nnc3cc(C)c4ccccc4n23)cc1. The molecule has 31 heavy (non-hydrogen) atoms. The summed E-state index contributed by atoms with van der Waals surface area (Å²) in [5, 5.41) is 20.9. The zero-order valence-corrected chi connectivity index (χ0v) is 18.4. The number of Topliss-reactive ketones (excluding diaryl/α,β-unsaturated/α-hetero) is 1. The van der Waals surface area contributed by atoms with E-state index in [1.54, 1.807) is 6.92 Å². The summed E-state index contributed by atoms with van der Waals surface area (Å²) in [6.07, 6.45) is 0.629. The number of rotatable bonds is 9. The van der Waals surface area contributed by atoms with Crippen molar-refractivity contribution in [2.75, 3.05) is 12.4 Å². The fourth-order valence-electron chi connectivity index (χ4n) is 3.45. The number of fused-ring (bicyclic) bond motifs is 3. The number of hydrogen-bond donors (Lipinski definition) is 1. The second kappa shape index (κ2) is 9.49. The van der Waals surface area contributed by atoms with Gasteiger partial charge in [-0.3, -0.25) is 4.40 Å². The van der Waals surface area contributed by atoms with Gasteiger partial charge in [-0.2, -0.15) is 0 Å². The Morgan fingerprint density at radius 3 is 2.71 bits per heavy atom. The van der Waals surface area contributed by atoms with E-state index in [1.165, 1.54) is 11.8 Å². The minimum atomic E-state index is -0.647. The first-order valence-corrected chi connectivity index (χ1v) is 11.3. The third kappa shape index (κ3) is 5.06. The number of pyridine rings is 1. The minimum absolute atomic E-state index is 0.185. The number of aliphatic hydroxyl groups excluding tert-OH is 1. The maximum Gasteiger partial charge on any atom is 0.196 e. The van der Waals surface area contributed by atoms with Crippen molar-refractivity contribution in [1.82, 2.24) is 14.6 Å². The van der Waals surface area contributed by atoms with Crippen LogP contribution in [0.2, 0.25) is 0 Å². The first kappa shape index (κ1) is 21.3. The molecule has 4 rings (SSSR count). The Morgan fingerprint density at radius 1 is 1.16 bits per heavy atom. The molecule has 2 aromatic heterocycles. The molecule has 0 fully saturated rings. The molecule has 7 heteroatoms. The average Bonchev–Trinajstić information content (AvgIpc) is 3.18. The summed E-state index contributed by atoms with van der Waals surface area (Å²) in [5.74, 6) is 1.33.